The number of rotatable bonds is 1. The fourth-order valence-corrected chi connectivity index (χ4v) is 2.68. The summed E-state index contributed by atoms with van der Waals surface area (Å²) in [6, 6.07) is 3.89. The SMILES string of the molecule is O=C1NC2COCC2C(=O)N1c1cc(Cl)ccc1Cl. The van der Waals surface area contributed by atoms with Gasteiger partial charge < -0.3 is 10.1 Å². The maximum atomic E-state index is 12.4. The van der Waals surface area contributed by atoms with Gasteiger partial charge in [-0.1, -0.05) is 23.2 Å². The van der Waals surface area contributed by atoms with E-state index in [-0.39, 0.29) is 17.9 Å². The largest absolute Gasteiger partial charge is 0.378 e. The number of halogens is 2. The summed E-state index contributed by atoms with van der Waals surface area (Å²) >= 11 is 11.9. The van der Waals surface area contributed by atoms with E-state index in [9.17, 15) is 9.59 Å². The first kappa shape index (κ1) is 12.7. The van der Waals surface area contributed by atoms with E-state index in [4.69, 9.17) is 27.9 Å². The van der Waals surface area contributed by atoms with Crippen molar-refractivity contribution in [1.29, 1.82) is 0 Å². The monoisotopic (exact) mass is 300 g/mol. The lowest BCUT2D eigenvalue weighted by atomic mass is 9.99. The maximum Gasteiger partial charge on any atom is 0.329 e. The van der Waals surface area contributed by atoms with Gasteiger partial charge in [-0.3, -0.25) is 4.79 Å². The van der Waals surface area contributed by atoms with Crippen LogP contribution in [0.1, 0.15) is 0 Å². The zero-order valence-corrected chi connectivity index (χ0v) is 11.2. The van der Waals surface area contributed by atoms with Crippen molar-refractivity contribution in [3.05, 3.63) is 28.2 Å². The summed E-state index contributed by atoms with van der Waals surface area (Å²) in [6.45, 7) is 0.664. The summed E-state index contributed by atoms with van der Waals surface area (Å²) in [4.78, 5) is 25.4. The smallest absolute Gasteiger partial charge is 0.329 e. The second-order valence-corrected chi connectivity index (χ2v) is 5.31. The number of carbonyl (C=O) groups is 2. The fraction of sp³-hybridized carbons (Fsp3) is 0.333. The standard InChI is InChI=1S/C12H10Cl2N2O3/c13-6-1-2-8(14)10(3-6)16-11(17)7-4-19-5-9(7)15-12(16)18/h1-3,7,9H,4-5H2,(H,15,18). The molecule has 5 nitrogen and oxygen atoms in total. The van der Waals surface area contributed by atoms with Crippen LogP contribution < -0.4 is 10.2 Å². The van der Waals surface area contributed by atoms with Gasteiger partial charge >= 0.3 is 6.03 Å². The number of urea groups is 1. The maximum absolute atomic E-state index is 12.4. The Morgan fingerprint density at radius 3 is 2.84 bits per heavy atom. The van der Waals surface area contributed by atoms with E-state index >= 15 is 0 Å². The van der Waals surface area contributed by atoms with Gasteiger partial charge in [0.25, 0.3) is 0 Å². The first-order valence-corrected chi connectivity index (χ1v) is 6.51. The van der Waals surface area contributed by atoms with Crippen molar-refractivity contribution in [3.8, 4) is 0 Å². The van der Waals surface area contributed by atoms with Gasteiger partial charge in [-0.25, -0.2) is 9.69 Å². The number of hydrogen-bond donors (Lipinski definition) is 1. The molecule has 0 bridgehead atoms. The van der Waals surface area contributed by atoms with E-state index in [2.05, 4.69) is 5.32 Å². The summed E-state index contributed by atoms with van der Waals surface area (Å²) in [5, 5.41) is 3.45. The number of ether oxygens (including phenoxy) is 1. The number of fused-ring (bicyclic) bond motifs is 1. The molecule has 2 fully saturated rings. The van der Waals surface area contributed by atoms with Gasteiger partial charge in [-0.05, 0) is 18.2 Å². The Bertz CT molecular complexity index is 564. The van der Waals surface area contributed by atoms with Crippen LogP contribution in [0.4, 0.5) is 10.5 Å². The van der Waals surface area contributed by atoms with Crippen molar-refractivity contribution < 1.29 is 14.3 Å². The van der Waals surface area contributed by atoms with Crippen molar-refractivity contribution in [1.82, 2.24) is 5.32 Å². The molecule has 0 aliphatic carbocycles. The van der Waals surface area contributed by atoms with Crippen LogP contribution in [0.3, 0.4) is 0 Å². The second-order valence-electron chi connectivity index (χ2n) is 4.47. The van der Waals surface area contributed by atoms with Gasteiger partial charge in [0.1, 0.15) is 0 Å². The molecule has 1 aromatic carbocycles. The number of nitrogens with zero attached hydrogens (tertiary/aromatic N) is 1. The van der Waals surface area contributed by atoms with Crippen LogP contribution >= 0.6 is 23.2 Å². The molecule has 2 saturated heterocycles. The molecule has 2 aliphatic heterocycles. The zero-order valence-electron chi connectivity index (χ0n) is 9.73. The number of amides is 3. The Balaban J connectivity index is 2.01. The van der Waals surface area contributed by atoms with Crippen LogP contribution in [0.5, 0.6) is 0 Å². The van der Waals surface area contributed by atoms with Crippen LogP contribution in [-0.4, -0.2) is 31.2 Å². The van der Waals surface area contributed by atoms with E-state index < -0.39 is 6.03 Å². The van der Waals surface area contributed by atoms with E-state index in [0.29, 0.717) is 28.9 Å². The highest BCUT2D eigenvalue weighted by Crippen LogP contribution is 2.33. The lowest BCUT2D eigenvalue weighted by Gasteiger charge is -2.33. The fourth-order valence-electron chi connectivity index (χ4n) is 2.31. The lowest BCUT2D eigenvalue weighted by Crippen LogP contribution is -2.60. The Kier molecular flexibility index (Phi) is 3.12. The summed E-state index contributed by atoms with van der Waals surface area (Å²) < 4.78 is 5.23. The first-order valence-electron chi connectivity index (χ1n) is 5.75. The minimum absolute atomic E-state index is 0.255. The number of anilines is 1. The highest BCUT2D eigenvalue weighted by Gasteiger charge is 2.45. The van der Waals surface area contributed by atoms with Crippen molar-refractivity contribution >= 4 is 40.8 Å². The molecule has 100 valence electrons. The minimum atomic E-state index is -0.499. The molecule has 2 atom stereocenters. The molecule has 2 unspecified atom stereocenters. The highest BCUT2D eigenvalue weighted by molar-refractivity contribution is 6.37. The normalized spacial score (nSPS) is 26.3. The summed E-state index contributed by atoms with van der Waals surface area (Å²) in [5.74, 6) is -0.678. The predicted octanol–water partition coefficient (Wildman–Crippen LogP) is 2.06. The minimum Gasteiger partial charge on any atom is -0.378 e. The third-order valence-corrected chi connectivity index (χ3v) is 3.83. The van der Waals surface area contributed by atoms with E-state index in [1.165, 1.54) is 6.07 Å². The van der Waals surface area contributed by atoms with Crippen LogP contribution in [0, 0.1) is 5.92 Å². The first-order chi connectivity index (χ1) is 9.08. The number of hydrogen-bond acceptors (Lipinski definition) is 3. The highest BCUT2D eigenvalue weighted by atomic mass is 35.5. The number of carbonyl (C=O) groups excluding carboxylic acids is 2. The summed E-state index contributed by atoms with van der Waals surface area (Å²) in [5.41, 5.74) is 0.294. The molecule has 7 heteroatoms. The summed E-state index contributed by atoms with van der Waals surface area (Å²) in [7, 11) is 0. The van der Waals surface area contributed by atoms with E-state index in [1.807, 2.05) is 0 Å². The quantitative estimate of drug-likeness (QED) is 0.864. The van der Waals surface area contributed by atoms with Crippen LogP contribution in [0.25, 0.3) is 0 Å². The molecule has 19 heavy (non-hydrogen) atoms. The Morgan fingerprint density at radius 2 is 2.05 bits per heavy atom. The Morgan fingerprint density at radius 1 is 1.26 bits per heavy atom. The molecule has 1 N–H and O–H groups in total. The second kappa shape index (κ2) is 4.67. The molecule has 0 saturated carbocycles. The molecule has 2 aliphatic rings. The topological polar surface area (TPSA) is 58.6 Å². The molecule has 3 rings (SSSR count). The third kappa shape index (κ3) is 2.08. The van der Waals surface area contributed by atoms with Crippen molar-refractivity contribution in [2.75, 3.05) is 18.1 Å². The third-order valence-electron chi connectivity index (χ3n) is 3.28. The Labute approximate surface area is 119 Å². The average Bonchev–Trinajstić information content (AvgIpc) is 2.82. The molecule has 0 radical (unpaired) electrons. The number of benzene rings is 1. The summed E-state index contributed by atoms with van der Waals surface area (Å²) in [6.07, 6.45) is 0. The van der Waals surface area contributed by atoms with E-state index in [1.54, 1.807) is 12.1 Å². The average molecular weight is 301 g/mol. The van der Waals surface area contributed by atoms with Gasteiger partial charge in [-0.2, -0.15) is 0 Å². The van der Waals surface area contributed by atoms with Crippen LogP contribution in [0.15, 0.2) is 18.2 Å². The lowest BCUT2D eigenvalue weighted by molar-refractivity contribution is -0.122. The molecule has 0 spiro atoms. The number of imide groups is 1. The van der Waals surface area contributed by atoms with Gasteiger partial charge in [0.15, 0.2) is 0 Å². The van der Waals surface area contributed by atoms with Gasteiger partial charge in [-0.15, -0.1) is 0 Å². The molecule has 0 aromatic heterocycles. The molecular formula is C12H10Cl2N2O3. The molecule has 1 aromatic rings. The Hall–Kier alpha value is -1.30. The predicted molar refractivity (Wildman–Crippen MR) is 70.6 cm³/mol. The van der Waals surface area contributed by atoms with Crippen LogP contribution in [0.2, 0.25) is 10.0 Å². The molecule has 3 amide bonds. The van der Waals surface area contributed by atoms with Gasteiger partial charge in [0.2, 0.25) is 5.91 Å². The van der Waals surface area contributed by atoms with Crippen LogP contribution in [-0.2, 0) is 9.53 Å². The van der Waals surface area contributed by atoms with Crippen molar-refractivity contribution in [2.45, 2.75) is 6.04 Å². The van der Waals surface area contributed by atoms with Gasteiger partial charge in [0.05, 0.1) is 35.9 Å². The molecular weight excluding hydrogens is 291 g/mol. The zero-order chi connectivity index (χ0) is 13.6. The van der Waals surface area contributed by atoms with Crippen molar-refractivity contribution in [2.24, 2.45) is 5.92 Å². The van der Waals surface area contributed by atoms with Gasteiger partial charge in [0, 0.05) is 5.02 Å². The van der Waals surface area contributed by atoms with Crippen molar-refractivity contribution in [3.63, 3.8) is 0 Å². The van der Waals surface area contributed by atoms with E-state index in [0.717, 1.165) is 4.90 Å². The molecule has 2 heterocycles. The number of nitrogens with one attached hydrogen (secondary N) is 1.